The number of hydrogen-bond acceptors (Lipinski definition) is 4. The number of hydrogen-bond donors (Lipinski definition) is 2. The Labute approximate surface area is 82.7 Å². The third-order valence-corrected chi connectivity index (χ3v) is 1.87. The summed E-state index contributed by atoms with van der Waals surface area (Å²) in [4.78, 5) is 18.8. The number of nitrogens with zero attached hydrogens (tertiary/aromatic N) is 2. The molecule has 14 heavy (non-hydrogen) atoms. The quantitative estimate of drug-likeness (QED) is 0.726. The zero-order valence-corrected chi connectivity index (χ0v) is 8.37. The largest absolute Gasteiger partial charge is 0.370 e. The SMILES string of the molecule is Cc1ncc(NCCC(N)=O)nc1C. The molecule has 0 bridgehead atoms. The van der Waals surface area contributed by atoms with Crippen LogP contribution >= 0.6 is 0 Å². The Morgan fingerprint density at radius 2 is 2.21 bits per heavy atom. The van der Waals surface area contributed by atoms with Crippen LogP contribution in [0.3, 0.4) is 0 Å². The molecule has 0 saturated carbocycles. The van der Waals surface area contributed by atoms with Gasteiger partial charge in [-0.3, -0.25) is 9.78 Å². The molecule has 76 valence electrons. The van der Waals surface area contributed by atoms with Crippen molar-refractivity contribution in [3.05, 3.63) is 17.6 Å². The average molecular weight is 194 g/mol. The van der Waals surface area contributed by atoms with E-state index in [2.05, 4.69) is 15.3 Å². The van der Waals surface area contributed by atoms with Gasteiger partial charge < -0.3 is 11.1 Å². The molecule has 0 aromatic carbocycles. The van der Waals surface area contributed by atoms with Gasteiger partial charge in [0.1, 0.15) is 5.82 Å². The van der Waals surface area contributed by atoms with Crippen molar-refractivity contribution >= 4 is 11.7 Å². The van der Waals surface area contributed by atoms with Crippen LogP contribution in [0.4, 0.5) is 5.82 Å². The number of primary amides is 1. The summed E-state index contributed by atoms with van der Waals surface area (Å²) in [5.74, 6) is 0.351. The summed E-state index contributed by atoms with van der Waals surface area (Å²) >= 11 is 0. The molecular formula is C9H14N4O. The highest BCUT2D eigenvalue weighted by Crippen LogP contribution is 2.04. The summed E-state index contributed by atoms with van der Waals surface area (Å²) in [7, 11) is 0. The van der Waals surface area contributed by atoms with Gasteiger partial charge in [-0.2, -0.15) is 0 Å². The minimum absolute atomic E-state index is 0.300. The van der Waals surface area contributed by atoms with E-state index in [4.69, 9.17) is 5.73 Å². The van der Waals surface area contributed by atoms with Gasteiger partial charge in [0.2, 0.25) is 5.91 Å². The fourth-order valence-corrected chi connectivity index (χ4v) is 0.941. The third kappa shape index (κ3) is 3.01. The van der Waals surface area contributed by atoms with Gasteiger partial charge in [-0.25, -0.2) is 4.98 Å². The Hall–Kier alpha value is -1.65. The van der Waals surface area contributed by atoms with Gasteiger partial charge in [-0.1, -0.05) is 0 Å². The Kier molecular flexibility index (Phi) is 3.39. The topological polar surface area (TPSA) is 80.9 Å². The molecule has 0 fully saturated rings. The first-order valence-corrected chi connectivity index (χ1v) is 4.42. The second kappa shape index (κ2) is 4.55. The highest BCUT2D eigenvalue weighted by molar-refractivity contribution is 5.74. The first-order valence-electron chi connectivity index (χ1n) is 4.42. The molecule has 0 saturated heterocycles. The first kappa shape index (κ1) is 10.4. The van der Waals surface area contributed by atoms with Crippen LogP contribution < -0.4 is 11.1 Å². The summed E-state index contributed by atoms with van der Waals surface area (Å²) in [5.41, 5.74) is 6.79. The third-order valence-electron chi connectivity index (χ3n) is 1.87. The second-order valence-corrected chi connectivity index (χ2v) is 3.07. The standard InChI is InChI=1S/C9H14N4O/c1-6-7(2)13-9(5-12-6)11-4-3-8(10)14/h5H,3-4H2,1-2H3,(H2,10,14)(H,11,13). The van der Waals surface area contributed by atoms with Crippen molar-refractivity contribution in [2.24, 2.45) is 5.73 Å². The smallest absolute Gasteiger partial charge is 0.219 e. The second-order valence-electron chi connectivity index (χ2n) is 3.07. The van der Waals surface area contributed by atoms with E-state index in [1.165, 1.54) is 0 Å². The van der Waals surface area contributed by atoms with Gasteiger partial charge in [-0.15, -0.1) is 0 Å². The molecular weight excluding hydrogens is 180 g/mol. The molecule has 3 N–H and O–H groups in total. The highest BCUT2D eigenvalue weighted by Gasteiger charge is 1.99. The number of carbonyl (C=O) groups excluding carboxylic acids is 1. The lowest BCUT2D eigenvalue weighted by atomic mass is 10.3. The number of aromatic nitrogens is 2. The minimum Gasteiger partial charge on any atom is -0.370 e. The number of amides is 1. The monoisotopic (exact) mass is 194 g/mol. The van der Waals surface area contributed by atoms with Crippen molar-refractivity contribution in [2.45, 2.75) is 20.3 Å². The van der Waals surface area contributed by atoms with Crippen LogP contribution in [-0.4, -0.2) is 22.4 Å². The number of anilines is 1. The van der Waals surface area contributed by atoms with Crippen LogP contribution in [0.15, 0.2) is 6.20 Å². The summed E-state index contributed by atoms with van der Waals surface area (Å²) in [5, 5.41) is 2.97. The molecule has 1 aromatic heterocycles. The van der Waals surface area contributed by atoms with Gasteiger partial charge in [-0.05, 0) is 13.8 Å². The fourth-order valence-electron chi connectivity index (χ4n) is 0.941. The van der Waals surface area contributed by atoms with E-state index in [1.54, 1.807) is 6.20 Å². The number of nitrogens with one attached hydrogen (secondary N) is 1. The van der Waals surface area contributed by atoms with Crippen molar-refractivity contribution < 1.29 is 4.79 Å². The Balaban J connectivity index is 2.51. The maximum atomic E-state index is 10.5. The van der Waals surface area contributed by atoms with E-state index >= 15 is 0 Å². The van der Waals surface area contributed by atoms with E-state index in [-0.39, 0.29) is 5.91 Å². The lowest BCUT2D eigenvalue weighted by molar-refractivity contribution is -0.117. The zero-order chi connectivity index (χ0) is 10.6. The van der Waals surface area contributed by atoms with Crippen LogP contribution in [0.1, 0.15) is 17.8 Å². The van der Waals surface area contributed by atoms with Gasteiger partial charge in [0.15, 0.2) is 0 Å². The van der Waals surface area contributed by atoms with Gasteiger partial charge >= 0.3 is 0 Å². The number of nitrogens with two attached hydrogens (primary N) is 1. The van der Waals surface area contributed by atoms with E-state index < -0.39 is 0 Å². The number of aryl methyl sites for hydroxylation is 2. The molecule has 1 aromatic rings. The molecule has 1 amide bonds. The van der Waals surface area contributed by atoms with E-state index in [9.17, 15) is 4.79 Å². The van der Waals surface area contributed by atoms with Crippen molar-refractivity contribution in [1.29, 1.82) is 0 Å². The highest BCUT2D eigenvalue weighted by atomic mass is 16.1. The van der Waals surface area contributed by atoms with E-state index in [0.29, 0.717) is 18.8 Å². The predicted octanol–water partition coefficient (Wildman–Crippen LogP) is 0.381. The summed E-state index contributed by atoms with van der Waals surface area (Å²) < 4.78 is 0. The lowest BCUT2D eigenvalue weighted by Gasteiger charge is -2.05. The summed E-state index contributed by atoms with van der Waals surface area (Å²) in [6, 6.07) is 0. The normalized spacial score (nSPS) is 9.86. The van der Waals surface area contributed by atoms with Crippen LogP contribution in [0.5, 0.6) is 0 Å². The molecule has 0 aliphatic carbocycles. The summed E-state index contributed by atoms with van der Waals surface area (Å²) in [6.45, 7) is 4.28. The molecule has 5 heteroatoms. The average Bonchev–Trinajstić information content (AvgIpc) is 2.10. The Morgan fingerprint density at radius 1 is 1.50 bits per heavy atom. The Bertz CT molecular complexity index is 338. The minimum atomic E-state index is -0.325. The molecule has 0 aliphatic heterocycles. The van der Waals surface area contributed by atoms with Gasteiger partial charge in [0.05, 0.1) is 17.6 Å². The van der Waals surface area contributed by atoms with Crippen molar-refractivity contribution in [1.82, 2.24) is 9.97 Å². The van der Waals surface area contributed by atoms with Crippen molar-refractivity contribution in [2.75, 3.05) is 11.9 Å². The van der Waals surface area contributed by atoms with E-state index in [0.717, 1.165) is 11.4 Å². The van der Waals surface area contributed by atoms with Crippen LogP contribution in [0, 0.1) is 13.8 Å². The van der Waals surface area contributed by atoms with Crippen LogP contribution in [-0.2, 0) is 4.79 Å². The zero-order valence-electron chi connectivity index (χ0n) is 8.37. The fraction of sp³-hybridized carbons (Fsp3) is 0.444. The van der Waals surface area contributed by atoms with Gasteiger partial charge in [0.25, 0.3) is 0 Å². The number of carbonyl (C=O) groups is 1. The molecule has 1 heterocycles. The van der Waals surface area contributed by atoms with Crippen molar-refractivity contribution in [3.8, 4) is 0 Å². The van der Waals surface area contributed by atoms with Crippen molar-refractivity contribution in [3.63, 3.8) is 0 Å². The lowest BCUT2D eigenvalue weighted by Crippen LogP contribution is -2.16. The predicted molar refractivity (Wildman–Crippen MR) is 53.8 cm³/mol. The van der Waals surface area contributed by atoms with E-state index in [1.807, 2.05) is 13.8 Å². The molecule has 0 unspecified atom stereocenters. The van der Waals surface area contributed by atoms with Gasteiger partial charge in [0, 0.05) is 13.0 Å². The molecule has 0 spiro atoms. The molecule has 0 radical (unpaired) electrons. The molecule has 5 nitrogen and oxygen atoms in total. The molecule has 1 rings (SSSR count). The summed E-state index contributed by atoms with van der Waals surface area (Å²) in [6.07, 6.45) is 1.94. The first-order chi connectivity index (χ1) is 6.59. The van der Waals surface area contributed by atoms with Crippen LogP contribution in [0.25, 0.3) is 0 Å². The van der Waals surface area contributed by atoms with Crippen LogP contribution in [0.2, 0.25) is 0 Å². The number of rotatable bonds is 4. The molecule has 0 atom stereocenters. The maximum Gasteiger partial charge on any atom is 0.219 e. The maximum absolute atomic E-state index is 10.5. The Morgan fingerprint density at radius 3 is 2.79 bits per heavy atom. The molecule has 0 aliphatic rings.